The van der Waals surface area contributed by atoms with Crippen molar-refractivity contribution in [1.82, 2.24) is 4.98 Å². The van der Waals surface area contributed by atoms with Crippen LogP contribution < -0.4 is 0 Å². The molecule has 1 unspecified atom stereocenters. The smallest absolute Gasteiger partial charge is 0.320 e. The van der Waals surface area contributed by atoms with Crippen LogP contribution >= 0.6 is 35.3 Å². The van der Waals surface area contributed by atoms with Gasteiger partial charge >= 0.3 is 13.3 Å². The normalized spacial score (nSPS) is 13.7. The second kappa shape index (κ2) is 12.9. The molecule has 1 aromatic heterocycles. The number of hydrogen-bond donors (Lipinski definition) is 2. The molecule has 4 aromatic rings. The number of allylic oxidation sites excluding steroid dienone is 1. The summed E-state index contributed by atoms with van der Waals surface area (Å²) < 4.78 is 40.7. The second-order valence-electron chi connectivity index (χ2n) is 9.51. The Morgan fingerprint density at radius 3 is 2.20 bits per heavy atom. The number of halogens is 3. The Labute approximate surface area is 250 Å². The lowest BCUT2D eigenvalue weighted by Crippen LogP contribution is -2.38. The van der Waals surface area contributed by atoms with E-state index in [1.54, 1.807) is 24.0 Å². The largest absolute Gasteiger partial charge is 0.399 e. The highest BCUT2D eigenvalue weighted by Crippen LogP contribution is 2.59. The zero-order valence-electron chi connectivity index (χ0n) is 22.0. The molecule has 0 spiro atoms. The minimum atomic E-state index is -5.72. The van der Waals surface area contributed by atoms with Crippen molar-refractivity contribution >= 4 is 47.1 Å². The standard InChI is InChI=1S/C31H27BrF2NO4PS/c1-41-28-15-13-25(14-16-28)30(17-5-8-22-6-3-2-4-7-22,29(36)24-18-27(32)21-35-20-24)19-23-9-11-26(12-10-23)31(33,34)40(37,38)39/h2-16,18,20-21H,17,19H2,1H3,(H2,37,38,39). The van der Waals surface area contributed by atoms with Gasteiger partial charge in [0.25, 0.3) is 0 Å². The molecule has 0 amide bonds. The van der Waals surface area contributed by atoms with E-state index in [-0.39, 0.29) is 18.6 Å². The molecule has 3 aromatic carbocycles. The highest BCUT2D eigenvalue weighted by atomic mass is 79.9. The van der Waals surface area contributed by atoms with Gasteiger partial charge in [-0.05, 0) is 69.9 Å². The number of rotatable bonds is 11. The van der Waals surface area contributed by atoms with E-state index >= 15 is 0 Å². The number of aromatic nitrogens is 1. The summed E-state index contributed by atoms with van der Waals surface area (Å²) in [7, 11) is -5.72. The maximum atomic E-state index is 14.5. The Morgan fingerprint density at radius 1 is 0.976 bits per heavy atom. The number of benzene rings is 3. The van der Waals surface area contributed by atoms with E-state index in [2.05, 4.69) is 20.9 Å². The molecule has 0 saturated carbocycles. The number of hydrogen-bond acceptors (Lipinski definition) is 4. The van der Waals surface area contributed by atoms with E-state index in [1.165, 1.54) is 18.3 Å². The molecule has 10 heteroatoms. The summed E-state index contributed by atoms with van der Waals surface area (Å²) in [6, 6.07) is 23.8. The van der Waals surface area contributed by atoms with Gasteiger partial charge in [-0.2, -0.15) is 8.78 Å². The van der Waals surface area contributed by atoms with E-state index in [0.717, 1.165) is 28.2 Å². The minimum absolute atomic E-state index is 0.137. The van der Waals surface area contributed by atoms with Crippen LogP contribution in [0.1, 0.15) is 39.0 Å². The van der Waals surface area contributed by atoms with Crippen molar-refractivity contribution in [2.24, 2.45) is 0 Å². The van der Waals surface area contributed by atoms with Gasteiger partial charge in [-0.3, -0.25) is 14.3 Å². The second-order valence-corrected chi connectivity index (χ2v) is 13.0. The van der Waals surface area contributed by atoms with Crippen LogP contribution in [-0.2, 0) is 22.1 Å². The quantitative estimate of drug-likeness (QED) is 0.0959. The highest BCUT2D eigenvalue weighted by molar-refractivity contribution is 9.10. The van der Waals surface area contributed by atoms with E-state index in [1.807, 2.05) is 73.0 Å². The molecule has 0 aliphatic carbocycles. The van der Waals surface area contributed by atoms with Gasteiger partial charge in [0.1, 0.15) is 0 Å². The van der Waals surface area contributed by atoms with Gasteiger partial charge in [-0.25, -0.2) is 0 Å². The zero-order chi connectivity index (χ0) is 29.7. The summed E-state index contributed by atoms with van der Waals surface area (Å²) in [6.07, 6.45) is 9.32. The molecule has 2 N–H and O–H groups in total. The number of Topliss-reactive ketones (excluding diaryl/α,β-unsaturated/α-hetero) is 1. The Balaban J connectivity index is 1.85. The van der Waals surface area contributed by atoms with Crippen molar-refractivity contribution in [2.45, 2.75) is 28.8 Å². The Hall–Kier alpha value is -2.94. The minimum Gasteiger partial charge on any atom is -0.320 e. The zero-order valence-corrected chi connectivity index (χ0v) is 25.3. The number of carbonyl (C=O) groups is 1. The first-order chi connectivity index (χ1) is 19.5. The Bertz CT molecular complexity index is 1580. The molecule has 0 radical (unpaired) electrons. The molecule has 0 fully saturated rings. The van der Waals surface area contributed by atoms with Crippen molar-refractivity contribution in [1.29, 1.82) is 0 Å². The predicted molar refractivity (Wildman–Crippen MR) is 162 cm³/mol. The third kappa shape index (κ3) is 7.11. The number of ketones is 1. The van der Waals surface area contributed by atoms with E-state index < -0.39 is 24.2 Å². The van der Waals surface area contributed by atoms with Crippen LogP contribution in [0, 0.1) is 0 Å². The molecule has 0 aliphatic heterocycles. The van der Waals surface area contributed by atoms with Gasteiger partial charge in [0, 0.05) is 32.9 Å². The number of alkyl halides is 2. The highest BCUT2D eigenvalue weighted by Gasteiger charge is 2.50. The van der Waals surface area contributed by atoms with Crippen LogP contribution in [0.15, 0.2) is 113 Å². The first-order valence-corrected chi connectivity index (χ1v) is 16.1. The van der Waals surface area contributed by atoms with Crippen molar-refractivity contribution in [3.8, 4) is 0 Å². The summed E-state index contributed by atoms with van der Waals surface area (Å²) in [5.74, 6) is -0.203. The Kier molecular flexibility index (Phi) is 9.77. The number of carbonyl (C=O) groups excluding carboxylic acids is 1. The maximum absolute atomic E-state index is 14.5. The van der Waals surface area contributed by atoms with Crippen LogP contribution in [0.2, 0.25) is 0 Å². The van der Waals surface area contributed by atoms with Gasteiger partial charge < -0.3 is 9.79 Å². The fourth-order valence-electron chi connectivity index (χ4n) is 4.62. The van der Waals surface area contributed by atoms with E-state index in [0.29, 0.717) is 15.6 Å². The summed E-state index contributed by atoms with van der Waals surface area (Å²) in [5, 5.41) is 0. The summed E-state index contributed by atoms with van der Waals surface area (Å²) in [5.41, 5.74) is -3.65. The molecular formula is C31H27BrF2NO4PS. The average Bonchev–Trinajstić information content (AvgIpc) is 2.96. The summed E-state index contributed by atoms with van der Waals surface area (Å²) in [6.45, 7) is 0. The van der Waals surface area contributed by atoms with E-state index in [4.69, 9.17) is 9.79 Å². The summed E-state index contributed by atoms with van der Waals surface area (Å²) in [4.78, 5) is 38.0. The van der Waals surface area contributed by atoms with Crippen LogP contribution in [-0.4, -0.2) is 26.8 Å². The maximum Gasteiger partial charge on any atom is 0.399 e. The van der Waals surface area contributed by atoms with E-state index in [9.17, 15) is 18.1 Å². The number of pyridine rings is 1. The predicted octanol–water partition coefficient (Wildman–Crippen LogP) is 8.26. The average molecular weight is 659 g/mol. The third-order valence-corrected chi connectivity index (χ3v) is 8.96. The third-order valence-electron chi connectivity index (χ3n) is 6.79. The fourth-order valence-corrected chi connectivity index (χ4v) is 5.88. The fraction of sp³-hybridized carbons (Fsp3) is 0.161. The topological polar surface area (TPSA) is 87.5 Å². The monoisotopic (exact) mass is 657 g/mol. The number of nitrogens with zero attached hydrogens (tertiary/aromatic N) is 1. The molecule has 0 saturated heterocycles. The Morgan fingerprint density at radius 2 is 1.61 bits per heavy atom. The molecular weight excluding hydrogens is 631 g/mol. The SMILES string of the molecule is CSc1ccc(C(CC=Cc2ccccc2)(Cc2ccc(C(F)(F)P(=O)(O)O)cc2)C(=O)c2cncc(Br)c2)cc1. The van der Waals surface area contributed by atoms with Crippen molar-refractivity contribution in [2.75, 3.05) is 6.26 Å². The van der Waals surface area contributed by atoms with Gasteiger partial charge in [0.15, 0.2) is 5.78 Å². The van der Waals surface area contributed by atoms with Crippen LogP contribution in [0.4, 0.5) is 8.78 Å². The van der Waals surface area contributed by atoms with Crippen molar-refractivity contribution in [3.05, 3.63) is 136 Å². The molecule has 0 bridgehead atoms. The van der Waals surface area contributed by atoms with Crippen LogP contribution in [0.3, 0.4) is 0 Å². The molecule has 5 nitrogen and oxygen atoms in total. The van der Waals surface area contributed by atoms with Crippen LogP contribution in [0.25, 0.3) is 6.08 Å². The van der Waals surface area contributed by atoms with Gasteiger partial charge in [-0.15, -0.1) is 11.8 Å². The van der Waals surface area contributed by atoms with Crippen molar-refractivity contribution in [3.63, 3.8) is 0 Å². The van der Waals surface area contributed by atoms with Gasteiger partial charge in [0.05, 0.1) is 5.41 Å². The molecule has 41 heavy (non-hydrogen) atoms. The first kappa shape index (κ1) is 31.0. The van der Waals surface area contributed by atoms with Crippen LogP contribution in [0.5, 0.6) is 0 Å². The molecule has 212 valence electrons. The van der Waals surface area contributed by atoms with Gasteiger partial charge in [-0.1, -0.05) is 78.9 Å². The van der Waals surface area contributed by atoms with Gasteiger partial charge in [0.2, 0.25) is 0 Å². The lowest BCUT2D eigenvalue weighted by atomic mass is 9.68. The lowest BCUT2D eigenvalue weighted by molar-refractivity contribution is 0.0564. The molecule has 4 rings (SSSR count). The lowest BCUT2D eigenvalue weighted by Gasteiger charge is -2.33. The molecule has 0 aliphatic rings. The molecule has 1 atom stereocenters. The number of thioether (sulfide) groups is 1. The van der Waals surface area contributed by atoms with Crippen molar-refractivity contribution < 1.29 is 27.9 Å². The summed E-state index contributed by atoms with van der Waals surface area (Å²) >= 11 is 4.97. The first-order valence-electron chi connectivity index (χ1n) is 12.5. The molecule has 1 heterocycles.